The van der Waals surface area contributed by atoms with Gasteiger partial charge in [-0.25, -0.2) is 4.79 Å². The topological polar surface area (TPSA) is 95.5 Å². The summed E-state index contributed by atoms with van der Waals surface area (Å²) in [5.41, 5.74) is 7.69. The molecule has 0 saturated heterocycles. The summed E-state index contributed by atoms with van der Waals surface area (Å²) in [6.07, 6.45) is 0. The van der Waals surface area contributed by atoms with E-state index in [1.807, 2.05) is 0 Å². The van der Waals surface area contributed by atoms with E-state index in [1.54, 1.807) is 26.0 Å². The predicted molar refractivity (Wildman–Crippen MR) is 81.5 cm³/mol. The maximum atomic E-state index is 11.8. The lowest BCUT2D eigenvalue weighted by molar-refractivity contribution is -0.384. The molecule has 6 nitrogen and oxygen atoms in total. The molecule has 0 aliphatic heterocycles. The molecule has 0 aliphatic carbocycles. The minimum atomic E-state index is -0.472. The van der Waals surface area contributed by atoms with E-state index in [4.69, 9.17) is 10.5 Å². The number of esters is 1. The van der Waals surface area contributed by atoms with Gasteiger partial charge in [0.2, 0.25) is 0 Å². The highest BCUT2D eigenvalue weighted by atomic mass is 32.1. The summed E-state index contributed by atoms with van der Waals surface area (Å²) in [7, 11) is 0. The Labute approximate surface area is 125 Å². The fourth-order valence-electron chi connectivity index (χ4n) is 1.91. The van der Waals surface area contributed by atoms with Crippen LogP contribution in [0.5, 0.6) is 0 Å². The summed E-state index contributed by atoms with van der Waals surface area (Å²) in [4.78, 5) is 23.3. The molecule has 0 aliphatic rings. The molecule has 0 saturated carbocycles. The molecular weight excluding hydrogens is 292 g/mol. The third kappa shape index (κ3) is 2.87. The van der Waals surface area contributed by atoms with Crippen LogP contribution in [-0.2, 0) is 4.74 Å². The van der Waals surface area contributed by atoms with Crippen LogP contribution in [0.15, 0.2) is 24.3 Å². The van der Waals surface area contributed by atoms with Crippen molar-refractivity contribution < 1.29 is 14.5 Å². The quantitative estimate of drug-likeness (QED) is 0.530. The monoisotopic (exact) mass is 306 g/mol. The molecule has 2 aromatic rings. The zero-order valence-electron chi connectivity index (χ0n) is 11.6. The fourth-order valence-corrected chi connectivity index (χ4v) is 3.03. The van der Waals surface area contributed by atoms with Crippen LogP contribution in [0.1, 0.15) is 22.2 Å². The van der Waals surface area contributed by atoms with Crippen molar-refractivity contribution in [1.82, 2.24) is 0 Å². The standard InChI is InChI=1S/C14H14N2O4S/c1-3-20-14(17)13-11(15)8(2)12(21-13)9-5-4-6-10(7-9)16(18)19/h4-7H,3,15H2,1-2H3. The van der Waals surface area contributed by atoms with Crippen molar-refractivity contribution in [3.05, 3.63) is 44.8 Å². The summed E-state index contributed by atoms with van der Waals surface area (Å²) < 4.78 is 4.96. The van der Waals surface area contributed by atoms with Crippen LogP contribution in [-0.4, -0.2) is 17.5 Å². The third-order valence-corrected chi connectivity index (χ3v) is 4.31. The number of hydrogen-bond acceptors (Lipinski definition) is 6. The highest BCUT2D eigenvalue weighted by molar-refractivity contribution is 7.18. The normalized spacial score (nSPS) is 10.4. The minimum Gasteiger partial charge on any atom is -0.462 e. The summed E-state index contributed by atoms with van der Waals surface area (Å²) >= 11 is 1.19. The van der Waals surface area contributed by atoms with Crippen molar-refractivity contribution in [2.24, 2.45) is 0 Å². The molecule has 0 fully saturated rings. The molecule has 1 aromatic heterocycles. The van der Waals surface area contributed by atoms with E-state index in [0.29, 0.717) is 16.1 Å². The largest absolute Gasteiger partial charge is 0.462 e. The zero-order valence-corrected chi connectivity index (χ0v) is 12.4. The number of rotatable bonds is 4. The van der Waals surface area contributed by atoms with Gasteiger partial charge in [-0.2, -0.15) is 0 Å². The average molecular weight is 306 g/mol. The molecule has 7 heteroatoms. The second-order valence-electron chi connectivity index (χ2n) is 4.33. The molecule has 2 N–H and O–H groups in total. The number of carbonyl (C=O) groups excluding carboxylic acids is 1. The van der Waals surface area contributed by atoms with E-state index in [0.717, 1.165) is 10.4 Å². The van der Waals surface area contributed by atoms with Gasteiger partial charge in [-0.3, -0.25) is 10.1 Å². The highest BCUT2D eigenvalue weighted by Crippen LogP contribution is 2.39. The van der Waals surface area contributed by atoms with Gasteiger partial charge in [0, 0.05) is 17.0 Å². The van der Waals surface area contributed by atoms with Crippen LogP contribution in [0.2, 0.25) is 0 Å². The average Bonchev–Trinajstić information content (AvgIpc) is 2.76. The van der Waals surface area contributed by atoms with E-state index in [1.165, 1.54) is 23.5 Å². The van der Waals surface area contributed by atoms with Crippen molar-refractivity contribution in [3.63, 3.8) is 0 Å². The molecule has 1 heterocycles. The first-order valence-electron chi connectivity index (χ1n) is 6.26. The van der Waals surface area contributed by atoms with Gasteiger partial charge in [-0.05, 0) is 25.0 Å². The number of nitrogens with zero attached hydrogens (tertiary/aromatic N) is 1. The van der Waals surface area contributed by atoms with E-state index < -0.39 is 10.9 Å². The predicted octanol–water partition coefficient (Wildman–Crippen LogP) is 3.39. The SMILES string of the molecule is CCOC(=O)c1sc(-c2cccc([N+](=O)[O-])c2)c(C)c1N. The molecular formula is C14H14N2O4S. The number of nitro benzene ring substituents is 1. The molecule has 21 heavy (non-hydrogen) atoms. The van der Waals surface area contributed by atoms with Gasteiger partial charge in [0.15, 0.2) is 0 Å². The van der Waals surface area contributed by atoms with Crippen molar-refractivity contribution >= 4 is 28.7 Å². The van der Waals surface area contributed by atoms with Gasteiger partial charge in [0.1, 0.15) is 4.88 Å². The van der Waals surface area contributed by atoms with Crippen molar-refractivity contribution in [3.8, 4) is 10.4 Å². The summed E-state index contributed by atoms with van der Waals surface area (Å²) in [5.74, 6) is -0.472. The zero-order chi connectivity index (χ0) is 15.6. The summed E-state index contributed by atoms with van der Waals surface area (Å²) in [5, 5.41) is 10.8. The van der Waals surface area contributed by atoms with Gasteiger partial charge in [0.25, 0.3) is 5.69 Å². The minimum absolute atomic E-state index is 0.00319. The van der Waals surface area contributed by atoms with Gasteiger partial charge in [-0.1, -0.05) is 12.1 Å². The van der Waals surface area contributed by atoms with E-state index in [9.17, 15) is 14.9 Å². The van der Waals surface area contributed by atoms with Crippen LogP contribution in [0.4, 0.5) is 11.4 Å². The van der Waals surface area contributed by atoms with Gasteiger partial charge < -0.3 is 10.5 Å². The molecule has 0 spiro atoms. The maximum absolute atomic E-state index is 11.8. The summed E-state index contributed by atoms with van der Waals surface area (Å²) in [6, 6.07) is 6.24. The lowest BCUT2D eigenvalue weighted by atomic mass is 10.1. The van der Waals surface area contributed by atoms with Crippen LogP contribution < -0.4 is 5.73 Å². The number of anilines is 1. The molecule has 110 valence electrons. The number of carbonyl (C=O) groups is 1. The van der Waals surface area contributed by atoms with Gasteiger partial charge in [-0.15, -0.1) is 11.3 Å². The first kappa shape index (κ1) is 15.0. The molecule has 0 unspecified atom stereocenters. The maximum Gasteiger partial charge on any atom is 0.350 e. The number of thiophene rings is 1. The third-order valence-electron chi connectivity index (χ3n) is 2.97. The Kier molecular flexibility index (Phi) is 4.23. The van der Waals surface area contributed by atoms with Crippen LogP contribution in [0.3, 0.4) is 0 Å². The van der Waals surface area contributed by atoms with Gasteiger partial charge >= 0.3 is 5.97 Å². The first-order chi connectivity index (χ1) is 9.95. The molecule has 0 bridgehead atoms. The number of hydrogen-bond donors (Lipinski definition) is 1. The van der Waals surface area contributed by atoms with Crippen molar-refractivity contribution in [1.29, 1.82) is 0 Å². The Bertz CT molecular complexity index is 709. The van der Waals surface area contributed by atoms with Crippen molar-refractivity contribution in [2.45, 2.75) is 13.8 Å². The Morgan fingerprint density at radius 1 is 1.48 bits per heavy atom. The highest BCUT2D eigenvalue weighted by Gasteiger charge is 2.21. The number of nitrogen functional groups attached to an aromatic ring is 1. The molecule has 2 rings (SSSR count). The first-order valence-corrected chi connectivity index (χ1v) is 7.08. The Morgan fingerprint density at radius 3 is 2.81 bits per heavy atom. The molecule has 1 aromatic carbocycles. The Balaban J connectivity index is 2.50. The second-order valence-corrected chi connectivity index (χ2v) is 5.35. The van der Waals surface area contributed by atoms with Crippen LogP contribution in [0, 0.1) is 17.0 Å². The molecule has 0 amide bonds. The van der Waals surface area contributed by atoms with E-state index >= 15 is 0 Å². The lowest BCUT2D eigenvalue weighted by Crippen LogP contribution is -2.05. The lowest BCUT2D eigenvalue weighted by Gasteiger charge is -2.00. The van der Waals surface area contributed by atoms with Crippen LogP contribution >= 0.6 is 11.3 Å². The Morgan fingerprint density at radius 2 is 2.19 bits per heavy atom. The van der Waals surface area contributed by atoms with E-state index in [2.05, 4.69) is 0 Å². The number of ether oxygens (including phenoxy) is 1. The summed E-state index contributed by atoms with van der Waals surface area (Å²) in [6.45, 7) is 3.76. The number of benzene rings is 1. The number of nitrogens with two attached hydrogens (primary N) is 1. The molecule has 0 radical (unpaired) electrons. The molecule has 0 atom stereocenters. The fraction of sp³-hybridized carbons (Fsp3) is 0.214. The number of non-ortho nitro benzene ring substituents is 1. The smallest absolute Gasteiger partial charge is 0.350 e. The van der Waals surface area contributed by atoms with Crippen molar-refractivity contribution in [2.75, 3.05) is 12.3 Å². The Hall–Kier alpha value is -2.41. The second kappa shape index (κ2) is 5.92. The van der Waals surface area contributed by atoms with Gasteiger partial charge in [0.05, 0.1) is 17.2 Å². The number of nitro groups is 1. The van der Waals surface area contributed by atoms with E-state index in [-0.39, 0.29) is 12.3 Å². The van der Waals surface area contributed by atoms with Crippen LogP contribution in [0.25, 0.3) is 10.4 Å².